The maximum atomic E-state index is 12.5. The molecule has 2 amide bonds. The first-order chi connectivity index (χ1) is 12.0. The molecule has 1 aliphatic rings. The van der Waals surface area contributed by atoms with Crippen LogP contribution in [0.3, 0.4) is 0 Å². The zero-order chi connectivity index (χ0) is 18.7. The molecule has 0 aromatic carbocycles. The molecule has 1 fully saturated rings. The summed E-state index contributed by atoms with van der Waals surface area (Å²) in [5.74, 6) is -0.445. The van der Waals surface area contributed by atoms with Gasteiger partial charge in [0.1, 0.15) is 0 Å². The predicted molar refractivity (Wildman–Crippen MR) is 97.8 cm³/mol. The van der Waals surface area contributed by atoms with E-state index in [1.165, 1.54) is 19.3 Å². The lowest BCUT2D eigenvalue weighted by molar-refractivity contribution is -0.131. The highest BCUT2D eigenvalue weighted by Gasteiger charge is 2.25. The molecule has 25 heavy (non-hydrogen) atoms. The number of carbonyl (C=O) groups is 2. The molecule has 1 saturated carbocycles. The minimum absolute atomic E-state index is 0.0454. The van der Waals surface area contributed by atoms with Gasteiger partial charge in [0.05, 0.1) is 25.2 Å². The summed E-state index contributed by atoms with van der Waals surface area (Å²) in [6.07, 6.45) is 8.89. The van der Waals surface area contributed by atoms with Gasteiger partial charge in [-0.05, 0) is 25.7 Å². The SMILES string of the molecule is C=CCC(CC(=O)NC(C)CO)C(=O)NC(CO)CC1CCCCC1. The summed E-state index contributed by atoms with van der Waals surface area (Å²) in [4.78, 5) is 24.5. The number of amides is 2. The van der Waals surface area contributed by atoms with Crippen molar-refractivity contribution in [2.45, 2.75) is 70.4 Å². The Labute approximate surface area is 151 Å². The van der Waals surface area contributed by atoms with Crippen LogP contribution in [0.5, 0.6) is 0 Å². The van der Waals surface area contributed by atoms with E-state index in [9.17, 15) is 14.7 Å². The van der Waals surface area contributed by atoms with Crippen LogP contribution in [0, 0.1) is 11.8 Å². The maximum absolute atomic E-state index is 12.5. The topological polar surface area (TPSA) is 98.7 Å². The zero-order valence-corrected chi connectivity index (χ0v) is 15.4. The van der Waals surface area contributed by atoms with Gasteiger partial charge in [0, 0.05) is 12.5 Å². The predicted octanol–water partition coefficient (Wildman–Crippen LogP) is 1.51. The van der Waals surface area contributed by atoms with E-state index in [0.717, 1.165) is 19.3 Å². The molecule has 0 radical (unpaired) electrons. The monoisotopic (exact) mass is 354 g/mol. The second kappa shape index (κ2) is 12.0. The number of aliphatic hydroxyl groups excluding tert-OH is 2. The molecule has 1 rings (SSSR count). The third kappa shape index (κ3) is 8.50. The molecule has 144 valence electrons. The van der Waals surface area contributed by atoms with Crippen molar-refractivity contribution in [2.75, 3.05) is 13.2 Å². The molecule has 0 aromatic rings. The summed E-state index contributed by atoms with van der Waals surface area (Å²) in [5.41, 5.74) is 0. The van der Waals surface area contributed by atoms with Crippen LogP contribution < -0.4 is 10.6 Å². The van der Waals surface area contributed by atoms with E-state index < -0.39 is 5.92 Å². The molecule has 3 atom stereocenters. The van der Waals surface area contributed by atoms with Gasteiger partial charge in [0.15, 0.2) is 0 Å². The number of carbonyl (C=O) groups excluding carboxylic acids is 2. The molecule has 1 aliphatic carbocycles. The number of rotatable bonds is 11. The summed E-state index contributed by atoms with van der Waals surface area (Å²) < 4.78 is 0. The lowest BCUT2D eigenvalue weighted by Gasteiger charge is -2.27. The number of allylic oxidation sites excluding steroid dienone is 1. The van der Waals surface area contributed by atoms with Crippen LogP contribution in [0.4, 0.5) is 0 Å². The Morgan fingerprint density at radius 1 is 1.16 bits per heavy atom. The third-order valence-corrected chi connectivity index (χ3v) is 4.84. The van der Waals surface area contributed by atoms with Crippen molar-refractivity contribution in [1.82, 2.24) is 10.6 Å². The summed E-state index contributed by atoms with van der Waals surface area (Å²) in [5, 5.41) is 24.2. The zero-order valence-electron chi connectivity index (χ0n) is 15.4. The Morgan fingerprint density at radius 2 is 1.84 bits per heavy atom. The Morgan fingerprint density at radius 3 is 2.40 bits per heavy atom. The van der Waals surface area contributed by atoms with Crippen LogP contribution in [0.25, 0.3) is 0 Å². The fraction of sp³-hybridized carbons (Fsp3) is 0.789. The van der Waals surface area contributed by atoms with Gasteiger partial charge in [-0.1, -0.05) is 38.2 Å². The van der Waals surface area contributed by atoms with E-state index in [1.54, 1.807) is 13.0 Å². The van der Waals surface area contributed by atoms with Crippen LogP contribution >= 0.6 is 0 Å². The van der Waals surface area contributed by atoms with E-state index in [-0.39, 0.29) is 43.5 Å². The molecule has 0 saturated heterocycles. The van der Waals surface area contributed by atoms with Crippen LogP contribution in [0.1, 0.15) is 58.3 Å². The molecule has 0 aliphatic heterocycles. The minimum atomic E-state index is -0.510. The molecule has 0 bridgehead atoms. The molecule has 6 nitrogen and oxygen atoms in total. The molecule has 0 spiro atoms. The van der Waals surface area contributed by atoms with Gasteiger partial charge in [0.2, 0.25) is 11.8 Å². The number of hydrogen-bond donors (Lipinski definition) is 4. The molecule has 3 unspecified atom stereocenters. The molecule has 0 aromatic heterocycles. The highest BCUT2D eigenvalue weighted by atomic mass is 16.3. The lowest BCUT2D eigenvalue weighted by Crippen LogP contribution is -2.44. The van der Waals surface area contributed by atoms with Crippen LogP contribution in [0.15, 0.2) is 12.7 Å². The average molecular weight is 354 g/mol. The van der Waals surface area contributed by atoms with Gasteiger partial charge < -0.3 is 20.8 Å². The molecule has 6 heteroatoms. The van der Waals surface area contributed by atoms with Gasteiger partial charge in [-0.2, -0.15) is 0 Å². The second-order valence-corrected chi connectivity index (χ2v) is 7.20. The van der Waals surface area contributed by atoms with Crippen LogP contribution in [-0.4, -0.2) is 47.3 Å². The van der Waals surface area contributed by atoms with Crippen molar-refractivity contribution >= 4 is 11.8 Å². The van der Waals surface area contributed by atoms with E-state index in [0.29, 0.717) is 12.3 Å². The molecular formula is C19H34N2O4. The number of nitrogens with one attached hydrogen (secondary N) is 2. The van der Waals surface area contributed by atoms with Crippen molar-refractivity contribution in [3.05, 3.63) is 12.7 Å². The van der Waals surface area contributed by atoms with E-state index in [1.807, 2.05) is 0 Å². The minimum Gasteiger partial charge on any atom is -0.394 e. The maximum Gasteiger partial charge on any atom is 0.224 e. The van der Waals surface area contributed by atoms with Crippen LogP contribution in [0.2, 0.25) is 0 Å². The normalized spacial score (nSPS) is 18.8. The first kappa shape index (κ1) is 21.6. The van der Waals surface area contributed by atoms with Gasteiger partial charge in [0.25, 0.3) is 0 Å². The molecule has 0 heterocycles. The quantitative estimate of drug-likeness (QED) is 0.423. The summed E-state index contributed by atoms with van der Waals surface area (Å²) in [6.45, 7) is 5.13. The Bertz CT molecular complexity index is 422. The highest BCUT2D eigenvalue weighted by Crippen LogP contribution is 2.27. The van der Waals surface area contributed by atoms with Gasteiger partial charge in [-0.3, -0.25) is 9.59 Å². The summed E-state index contributed by atoms with van der Waals surface area (Å²) in [6, 6.07) is -0.598. The van der Waals surface area contributed by atoms with Crippen molar-refractivity contribution < 1.29 is 19.8 Å². The summed E-state index contributed by atoms with van der Waals surface area (Å²) in [7, 11) is 0. The van der Waals surface area contributed by atoms with Crippen LogP contribution in [-0.2, 0) is 9.59 Å². The first-order valence-corrected chi connectivity index (χ1v) is 9.42. The largest absolute Gasteiger partial charge is 0.394 e. The second-order valence-electron chi connectivity index (χ2n) is 7.20. The average Bonchev–Trinajstić information content (AvgIpc) is 2.61. The number of hydrogen-bond acceptors (Lipinski definition) is 4. The van der Waals surface area contributed by atoms with Gasteiger partial charge >= 0.3 is 0 Å². The van der Waals surface area contributed by atoms with Gasteiger partial charge in [-0.15, -0.1) is 6.58 Å². The van der Waals surface area contributed by atoms with E-state index in [4.69, 9.17) is 5.11 Å². The Hall–Kier alpha value is -1.40. The van der Waals surface area contributed by atoms with Crippen molar-refractivity contribution in [2.24, 2.45) is 11.8 Å². The molecule has 4 N–H and O–H groups in total. The third-order valence-electron chi connectivity index (χ3n) is 4.84. The van der Waals surface area contributed by atoms with E-state index in [2.05, 4.69) is 17.2 Å². The smallest absolute Gasteiger partial charge is 0.224 e. The van der Waals surface area contributed by atoms with Crippen molar-refractivity contribution in [3.63, 3.8) is 0 Å². The highest BCUT2D eigenvalue weighted by molar-refractivity contribution is 5.86. The van der Waals surface area contributed by atoms with Crippen molar-refractivity contribution in [3.8, 4) is 0 Å². The van der Waals surface area contributed by atoms with E-state index >= 15 is 0 Å². The first-order valence-electron chi connectivity index (χ1n) is 9.42. The van der Waals surface area contributed by atoms with Crippen molar-refractivity contribution in [1.29, 1.82) is 0 Å². The van der Waals surface area contributed by atoms with Gasteiger partial charge in [-0.25, -0.2) is 0 Å². The molecular weight excluding hydrogens is 320 g/mol. The Balaban J connectivity index is 2.54. The lowest BCUT2D eigenvalue weighted by atomic mass is 9.85. The standard InChI is InChI=1S/C19H34N2O4/c1-3-7-16(11-18(24)20-14(2)12-22)19(25)21-17(13-23)10-15-8-5-4-6-9-15/h3,14-17,22-23H,1,4-13H2,2H3,(H,20,24)(H,21,25). The number of aliphatic hydroxyl groups is 2. The fourth-order valence-electron chi connectivity index (χ4n) is 3.41. The Kier molecular flexibility index (Phi) is 10.4. The fourth-order valence-corrected chi connectivity index (χ4v) is 3.41. The summed E-state index contributed by atoms with van der Waals surface area (Å²) >= 11 is 0.